The van der Waals surface area contributed by atoms with Crippen LogP contribution in [-0.4, -0.2) is 38.5 Å². The predicted octanol–water partition coefficient (Wildman–Crippen LogP) is 1.12. The van der Waals surface area contributed by atoms with Crippen LogP contribution in [0.4, 0.5) is 0 Å². The molecule has 0 aliphatic heterocycles. The lowest BCUT2D eigenvalue weighted by Crippen LogP contribution is -2.18. The van der Waals surface area contributed by atoms with Gasteiger partial charge in [0, 0.05) is 19.1 Å². The van der Waals surface area contributed by atoms with E-state index in [0.29, 0.717) is 6.42 Å². The van der Waals surface area contributed by atoms with Crippen molar-refractivity contribution in [3.63, 3.8) is 0 Å². The van der Waals surface area contributed by atoms with Crippen molar-refractivity contribution in [3.8, 4) is 0 Å². The molecule has 19 heavy (non-hydrogen) atoms. The lowest BCUT2D eigenvalue weighted by molar-refractivity contribution is -0.144. The third kappa shape index (κ3) is 22.9. The molecule has 8 heteroatoms. The van der Waals surface area contributed by atoms with Crippen molar-refractivity contribution < 1.29 is 33.9 Å². The standard InChI is InChI=1S/C11H20O3.H3O4P/c1-3-5-6-7-10(8-9-12)14-11(13)4-2;1-5(2,3)4/h4,10,12H,2-3,5-9H2,1H3;(H3,1,2,3,4). The fraction of sp³-hybridized carbons (Fsp3) is 0.727. The molecule has 0 fully saturated rings. The quantitative estimate of drug-likeness (QED) is 0.229. The molecule has 7 nitrogen and oxygen atoms in total. The molecule has 1 atom stereocenters. The van der Waals surface area contributed by atoms with Gasteiger partial charge in [-0.15, -0.1) is 0 Å². The molecule has 0 saturated carbocycles. The van der Waals surface area contributed by atoms with Crippen molar-refractivity contribution in [3.05, 3.63) is 12.7 Å². The van der Waals surface area contributed by atoms with Crippen molar-refractivity contribution in [1.82, 2.24) is 0 Å². The fourth-order valence-electron chi connectivity index (χ4n) is 1.24. The van der Waals surface area contributed by atoms with Crippen LogP contribution in [0.15, 0.2) is 12.7 Å². The molecule has 0 aromatic rings. The number of hydrogen-bond donors (Lipinski definition) is 4. The molecular formula is C11H23O7P. The van der Waals surface area contributed by atoms with Crippen molar-refractivity contribution in [2.24, 2.45) is 0 Å². The Morgan fingerprint density at radius 2 is 1.84 bits per heavy atom. The summed E-state index contributed by atoms with van der Waals surface area (Å²) >= 11 is 0. The Morgan fingerprint density at radius 1 is 1.32 bits per heavy atom. The summed E-state index contributed by atoms with van der Waals surface area (Å²) in [5, 5.41) is 8.76. The average Bonchev–Trinajstić information content (AvgIpc) is 2.27. The van der Waals surface area contributed by atoms with Gasteiger partial charge >= 0.3 is 13.8 Å². The third-order valence-corrected chi connectivity index (χ3v) is 2.03. The van der Waals surface area contributed by atoms with Gasteiger partial charge in [0.05, 0.1) is 0 Å². The van der Waals surface area contributed by atoms with Gasteiger partial charge in [0.2, 0.25) is 0 Å². The molecule has 0 aliphatic carbocycles. The van der Waals surface area contributed by atoms with Crippen molar-refractivity contribution >= 4 is 13.8 Å². The zero-order valence-corrected chi connectivity index (χ0v) is 12.0. The second-order valence-corrected chi connectivity index (χ2v) is 4.81. The number of rotatable bonds is 8. The smallest absolute Gasteiger partial charge is 0.459 e. The molecule has 114 valence electrons. The Bertz CT molecular complexity index is 279. The number of aliphatic hydroxyl groups excluding tert-OH is 1. The normalized spacial score (nSPS) is 12.1. The van der Waals surface area contributed by atoms with Gasteiger partial charge in [-0.1, -0.05) is 26.3 Å². The number of hydrogen-bond acceptors (Lipinski definition) is 4. The van der Waals surface area contributed by atoms with Crippen LogP contribution in [0.2, 0.25) is 0 Å². The maximum Gasteiger partial charge on any atom is 0.466 e. The van der Waals surface area contributed by atoms with Gasteiger partial charge in [0.15, 0.2) is 0 Å². The molecule has 0 heterocycles. The molecule has 0 saturated heterocycles. The fourth-order valence-corrected chi connectivity index (χ4v) is 1.24. The molecule has 4 N–H and O–H groups in total. The highest BCUT2D eigenvalue weighted by atomic mass is 31.2. The van der Waals surface area contributed by atoms with Gasteiger partial charge in [0.25, 0.3) is 0 Å². The van der Waals surface area contributed by atoms with Gasteiger partial charge in [-0.25, -0.2) is 9.36 Å². The number of carbonyl (C=O) groups excluding carboxylic acids is 1. The number of carbonyl (C=O) groups is 1. The predicted molar refractivity (Wildman–Crippen MR) is 70.2 cm³/mol. The first kappa shape index (κ1) is 20.6. The van der Waals surface area contributed by atoms with E-state index in [0.717, 1.165) is 31.8 Å². The van der Waals surface area contributed by atoms with E-state index in [-0.39, 0.29) is 12.7 Å². The molecule has 0 aromatic heterocycles. The van der Waals surface area contributed by atoms with Crippen molar-refractivity contribution in [1.29, 1.82) is 0 Å². The Labute approximate surface area is 113 Å². The molecule has 0 amide bonds. The summed E-state index contributed by atoms with van der Waals surface area (Å²) in [6, 6.07) is 0. The summed E-state index contributed by atoms with van der Waals surface area (Å²) in [4.78, 5) is 32.5. The number of aliphatic hydroxyl groups is 1. The van der Waals surface area contributed by atoms with Crippen molar-refractivity contribution in [2.75, 3.05) is 6.61 Å². The lowest BCUT2D eigenvalue weighted by atomic mass is 10.1. The first-order chi connectivity index (χ1) is 8.74. The summed E-state index contributed by atoms with van der Waals surface area (Å²) in [5.41, 5.74) is 0. The Morgan fingerprint density at radius 3 is 2.21 bits per heavy atom. The Kier molecular flexibility index (Phi) is 13.4. The van der Waals surface area contributed by atoms with Crippen molar-refractivity contribution in [2.45, 2.75) is 45.1 Å². The number of ether oxygens (including phenoxy) is 1. The van der Waals surface area contributed by atoms with E-state index < -0.39 is 13.8 Å². The number of esters is 1. The van der Waals surface area contributed by atoms with Crippen LogP contribution in [0.25, 0.3) is 0 Å². The highest BCUT2D eigenvalue weighted by molar-refractivity contribution is 7.45. The van der Waals surface area contributed by atoms with Gasteiger partial charge in [-0.2, -0.15) is 0 Å². The van der Waals surface area contributed by atoms with Gasteiger partial charge in [-0.3, -0.25) is 0 Å². The van der Waals surface area contributed by atoms with E-state index >= 15 is 0 Å². The first-order valence-corrected chi connectivity index (χ1v) is 7.53. The summed E-state index contributed by atoms with van der Waals surface area (Å²) in [5.74, 6) is -0.403. The number of phosphoric acid groups is 1. The SMILES string of the molecule is C=CC(=O)OC(CCO)CCCCC.O=P(O)(O)O. The van der Waals surface area contributed by atoms with Crippen LogP contribution in [-0.2, 0) is 14.1 Å². The van der Waals surface area contributed by atoms with Crippen LogP contribution >= 0.6 is 7.82 Å². The largest absolute Gasteiger partial charge is 0.466 e. The van der Waals surface area contributed by atoms with Crippen LogP contribution in [0.1, 0.15) is 39.0 Å². The molecule has 0 radical (unpaired) electrons. The monoisotopic (exact) mass is 298 g/mol. The van der Waals surface area contributed by atoms with Crippen LogP contribution in [0.3, 0.4) is 0 Å². The highest BCUT2D eigenvalue weighted by Crippen LogP contribution is 2.25. The second-order valence-electron chi connectivity index (χ2n) is 3.78. The first-order valence-electron chi connectivity index (χ1n) is 5.96. The summed E-state index contributed by atoms with van der Waals surface area (Å²) in [7, 11) is -4.64. The molecular weight excluding hydrogens is 275 g/mol. The van der Waals surface area contributed by atoms with E-state index in [9.17, 15) is 4.79 Å². The van der Waals surface area contributed by atoms with E-state index in [1.165, 1.54) is 0 Å². The molecule has 0 aromatic carbocycles. The minimum Gasteiger partial charge on any atom is -0.459 e. The maximum atomic E-state index is 10.9. The minimum absolute atomic E-state index is 0.0568. The Balaban J connectivity index is 0. The van der Waals surface area contributed by atoms with E-state index in [4.69, 9.17) is 29.1 Å². The van der Waals surface area contributed by atoms with Gasteiger partial charge < -0.3 is 24.5 Å². The topological polar surface area (TPSA) is 124 Å². The van der Waals surface area contributed by atoms with Gasteiger partial charge in [-0.05, 0) is 12.8 Å². The van der Waals surface area contributed by atoms with Gasteiger partial charge in [0.1, 0.15) is 6.10 Å². The summed E-state index contributed by atoms with van der Waals surface area (Å²) < 4.78 is 14.0. The van der Waals surface area contributed by atoms with E-state index in [2.05, 4.69) is 13.5 Å². The summed E-state index contributed by atoms with van der Waals surface area (Å²) in [6.07, 6.45) is 5.65. The second kappa shape index (κ2) is 12.3. The third-order valence-electron chi connectivity index (χ3n) is 2.03. The molecule has 0 spiro atoms. The molecule has 0 rings (SSSR count). The lowest BCUT2D eigenvalue weighted by Gasteiger charge is -2.15. The summed E-state index contributed by atoms with van der Waals surface area (Å²) in [6.45, 7) is 5.51. The van der Waals surface area contributed by atoms with Crippen LogP contribution < -0.4 is 0 Å². The maximum absolute atomic E-state index is 10.9. The zero-order valence-electron chi connectivity index (χ0n) is 11.1. The zero-order chi connectivity index (χ0) is 15.3. The molecule has 1 unspecified atom stereocenters. The van der Waals surface area contributed by atoms with E-state index in [1.807, 2.05) is 0 Å². The average molecular weight is 298 g/mol. The van der Waals surface area contributed by atoms with Crippen LogP contribution in [0, 0.1) is 0 Å². The number of unbranched alkanes of at least 4 members (excludes halogenated alkanes) is 2. The Hall–Kier alpha value is -0.720. The molecule has 0 bridgehead atoms. The molecule has 0 aliphatic rings. The minimum atomic E-state index is -4.64. The highest BCUT2D eigenvalue weighted by Gasteiger charge is 2.11. The van der Waals surface area contributed by atoms with E-state index in [1.54, 1.807) is 0 Å². The van der Waals surface area contributed by atoms with Crippen LogP contribution in [0.5, 0.6) is 0 Å².